The molecule has 1 aliphatic heterocycles. The average Bonchev–Trinajstić information content (AvgIpc) is 2.56. The zero-order valence-corrected chi connectivity index (χ0v) is 6.11. The first kappa shape index (κ1) is 7.09. The molecule has 12 heavy (non-hydrogen) atoms. The largest absolute Gasteiger partial charge is 0.454 e. The lowest BCUT2D eigenvalue weighted by Gasteiger charge is -2.08. The van der Waals surface area contributed by atoms with Gasteiger partial charge in [0, 0.05) is 0 Å². The second-order valence-corrected chi connectivity index (χ2v) is 2.26. The zero-order chi connectivity index (χ0) is 8.39. The van der Waals surface area contributed by atoms with Gasteiger partial charge in [-0.15, -0.1) is 0 Å². The van der Waals surface area contributed by atoms with Crippen LogP contribution in [-0.2, 0) is 9.47 Å². The molecular weight excluding hydrogens is 161 g/mol. The molecule has 0 unspecified atom stereocenters. The number of pyridine rings is 1. The lowest BCUT2D eigenvalue weighted by atomic mass is 10.3. The van der Waals surface area contributed by atoms with E-state index in [4.69, 9.17) is 9.47 Å². The maximum absolute atomic E-state index is 12.6. The van der Waals surface area contributed by atoms with Crippen molar-refractivity contribution < 1.29 is 13.9 Å². The van der Waals surface area contributed by atoms with E-state index >= 15 is 0 Å². The lowest BCUT2D eigenvalue weighted by molar-refractivity contribution is -0.0284. The monoisotopic (exact) mass is 167 g/mol. The van der Waals surface area contributed by atoms with Gasteiger partial charge in [-0.3, -0.25) is 0 Å². The fraction of sp³-hybridized carbons (Fsp3) is 0.125. The van der Waals surface area contributed by atoms with Crippen molar-refractivity contribution in [3.63, 3.8) is 0 Å². The summed E-state index contributed by atoms with van der Waals surface area (Å²) in [6, 6.07) is 4.47. The standard InChI is InChI=1S/C8H6FNO2/c9-7-3-1-2-6(10-7)8-11-4-5-12-8/h1-5,8H. The molecule has 0 aromatic carbocycles. The van der Waals surface area contributed by atoms with Crippen LogP contribution in [0, 0.1) is 5.95 Å². The molecule has 2 rings (SSSR count). The molecule has 1 aliphatic rings. The zero-order valence-electron chi connectivity index (χ0n) is 6.11. The van der Waals surface area contributed by atoms with E-state index in [1.165, 1.54) is 18.6 Å². The van der Waals surface area contributed by atoms with Crippen molar-refractivity contribution in [2.75, 3.05) is 0 Å². The van der Waals surface area contributed by atoms with Crippen LogP contribution >= 0.6 is 0 Å². The third kappa shape index (κ3) is 1.23. The van der Waals surface area contributed by atoms with Crippen LogP contribution < -0.4 is 0 Å². The van der Waals surface area contributed by atoms with Crippen LogP contribution in [-0.4, -0.2) is 4.98 Å². The predicted molar refractivity (Wildman–Crippen MR) is 38.2 cm³/mol. The highest BCUT2D eigenvalue weighted by Gasteiger charge is 2.16. The molecule has 3 nitrogen and oxygen atoms in total. The highest BCUT2D eigenvalue weighted by molar-refractivity contribution is 5.07. The lowest BCUT2D eigenvalue weighted by Crippen LogP contribution is -2.01. The maximum Gasteiger partial charge on any atom is 0.283 e. The van der Waals surface area contributed by atoms with Crippen LogP contribution in [0.5, 0.6) is 0 Å². The van der Waals surface area contributed by atoms with E-state index in [-0.39, 0.29) is 0 Å². The van der Waals surface area contributed by atoms with Crippen LogP contribution in [0.2, 0.25) is 0 Å². The minimum Gasteiger partial charge on any atom is -0.454 e. The Kier molecular flexibility index (Phi) is 1.66. The Hall–Kier alpha value is -1.58. The van der Waals surface area contributed by atoms with Gasteiger partial charge < -0.3 is 9.47 Å². The topological polar surface area (TPSA) is 31.4 Å². The Bertz CT molecular complexity index is 306. The molecule has 0 atom stereocenters. The number of ether oxygens (including phenoxy) is 2. The van der Waals surface area contributed by atoms with Gasteiger partial charge in [-0.05, 0) is 12.1 Å². The fourth-order valence-electron chi connectivity index (χ4n) is 0.934. The summed E-state index contributed by atoms with van der Waals surface area (Å²) >= 11 is 0. The summed E-state index contributed by atoms with van der Waals surface area (Å²) in [6.07, 6.45) is 2.20. The molecule has 0 aliphatic carbocycles. The van der Waals surface area contributed by atoms with Gasteiger partial charge in [0.05, 0.1) is 0 Å². The summed E-state index contributed by atoms with van der Waals surface area (Å²) < 4.78 is 22.5. The number of halogens is 1. The maximum atomic E-state index is 12.6. The van der Waals surface area contributed by atoms with Gasteiger partial charge in [0.2, 0.25) is 5.95 Å². The SMILES string of the molecule is Fc1cccc(C2OC=CO2)n1. The number of rotatable bonds is 1. The van der Waals surface area contributed by atoms with Gasteiger partial charge in [-0.1, -0.05) is 6.07 Å². The molecular formula is C8H6FNO2. The molecule has 0 bridgehead atoms. The molecule has 62 valence electrons. The Morgan fingerprint density at radius 1 is 1.25 bits per heavy atom. The van der Waals surface area contributed by atoms with Gasteiger partial charge in [-0.2, -0.15) is 4.39 Å². The molecule has 1 aromatic heterocycles. The van der Waals surface area contributed by atoms with Crippen LogP contribution in [0.3, 0.4) is 0 Å². The molecule has 1 aromatic rings. The van der Waals surface area contributed by atoms with Crippen molar-refractivity contribution in [2.45, 2.75) is 6.29 Å². The van der Waals surface area contributed by atoms with Gasteiger partial charge >= 0.3 is 0 Å². The van der Waals surface area contributed by atoms with Gasteiger partial charge in [0.1, 0.15) is 18.2 Å². The molecule has 0 amide bonds. The normalized spacial score (nSPS) is 15.8. The van der Waals surface area contributed by atoms with Crippen LogP contribution in [0.25, 0.3) is 0 Å². The summed E-state index contributed by atoms with van der Waals surface area (Å²) in [5.74, 6) is -0.536. The van der Waals surface area contributed by atoms with E-state index in [1.807, 2.05) is 0 Å². The molecule has 0 radical (unpaired) electrons. The quantitative estimate of drug-likeness (QED) is 0.597. The van der Waals surface area contributed by atoms with Crippen LogP contribution in [0.1, 0.15) is 12.0 Å². The Balaban J connectivity index is 2.22. The molecule has 0 saturated carbocycles. The number of hydrogen-bond donors (Lipinski definition) is 0. The van der Waals surface area contributed by atoms with E-state index in [9.17, 15) is 4.39 Å². The van der Waals surface area contributed by atoms with Gasteiger partial charge in [0.15, 0.2) is 0 Å². The smallest absolute Gasteiger partial charge is 0.283 e. The van der Waals surface area contributed by atoms with Crippen molar-refractivity contribution in [3.05, 3.63) is 42.4 Å². The summed E-state index contributed by atoms with van der Waals surface area (Å²) in [7, 11) is 0. The molecule has 0 spiro atoms. The Morgan fingerprint density at radius 3 is 2.67 bits per heavy atom. The van der Waals surface area contributed by atoms with E-state index in [0.717, 1.165) is 0 Å². The van der Waals surface area contributed by atoms with Gasteiger partial charge in [-0.25, -0.2) is 4.98 Å². The molecule has 0 saturated heterocycles. The average molecular weight is 167 g/mol. The number of nitrogens with zero attached hydrogens (tertiary/aromatic N) is 1. The summed E-state index contributed by atoms with van der Waals surface area (Å²) in [6.45, 7) is 0. The molecule has 0 fully saturated rings. The number of aromatic nitrogens is 1. The highest BCUT2D eigenvalue weighted by Crippen LogP contribution is 2.21. The summed E-state index contributed by atoms with van der Waals surface area (Å²) in [5.41, 5.74) is 0.431. The van der Waals surface area contributed by atoms with Crippen LogP contribution in [0.4, 0.5) is 4.39 Å². The Labute approximate surface area is 68.4 Å². The van der Waals surface area contributed by atoms with E-state index in [1.54, 1.807) is 12.1 Å². The Morgan fingerprint density at radius 2 is 2.00 bits per heavy atom. The van der Waals surface area contributed by atoms with E-state index < -0.39 is 12.2 Å². The minimum atomic E-state index is -0.597. The number of hydrogen-bond acceptors (Lipinski definition) is 3. The van der Waals surface area contributed by atoms with Crippen molar-refractivity contribution in [3.8, 4) is 0 Å². The minimum absolute atomic E-state index is 0.431. The predicted octanol–water partition coefficient (Wildman–Crippen LogP) is 1.74. The van der Waals surface area contributed by atoms with Crippen LogP contribution in [0.15, 0.2) is 30.7 Å². The fourth-order valence-corrected chi connectivity index (χ4v) is 0.934. The first-order chi connectivity index (χ1) is 5.86. The van der Waals surface area contributed by atoms with Crippen molar-refractivity contribution >= 4 is 0 Å². The summed E-state index contributed by atoms with van der Waals surface area (Å²) in [4.78, 5) is 3.60. The van der Waals surface area contributed by atoms with Gasteiger partial charge in [0.25, 0.3) is 6.29 Å². The first-order valence-electron chi connectivity index (χ1n) is 3.45. The molecule has 2 heterocycles. The van der Waals surface area contributed by atoms with Crippen molar-refractivity contribution in [2.24, 2.45) is 0 Å². The van der Waals surface area contributed by atoms with Crippen molar-refractivity contribution in [1.82, 2.24) is 4.98 Å². The van der Waals surface area contributed by atoms with E-state index in [0.29, 0.717) is 5.69 Å². The molecule has 0 N–H and O–H groups in total. The molecule has 4 heteroatoms. The first-order valence-corrected chi connectivity index (χ1v) is 3.45. The highest BCUT2D eigenvalue weighted by atomic mass is 19.1. The third-order valence-electron chi connectivity index (χ3n) is 1.44. The summed E-state index contributed by atoms with van der Waals surface area (Å²) in [5, 5.41) is 0. The second kappa shape index (κ2) is 2.81. The third-order valence-corrected chi connectivity index (χ3v) is 1.44. The second-order valence-electron chi connectivity index (χ2n) is 2.26. The van der Waals surface area contributed by atoms with Crippen molar-refractivity contribution in [1.29, 1.82) is 0 Å². The van der Waals surface area contributed by atoms with E-state index in [2.05, 4.69) is 4.98 Å².